The summed E-state index contributed by atoms with van der Waals surface area (Å²) in [4.78, 5) is 4.75. The first-order chi connectivity index (χ1) is 19.6. The van der Waals surface area contributed by atoms with Gasteiger partial charge in [0.05, 0.1) is 18.3 Å². The minimum atomic E-state index is 0.287. The largest absolute Gasteiger partial charge is 0.490 e. The molecule has 0 fully saturated rings. The molecule has 4 aromatic carbocycles. The van der Waals surface area contributed by atoms with Crippen LogP contribution in [0.1, 0.15) is 58.7 Å². The van der Waals surface area contributed by atoms with Crippen molar-refractivity contribution in [3.63, 3.8) is 0 Å². The second-order valence-electron chi connectivity index (χ2n) is 10.8. The molecule has 0 unspecified atom stereocenters. The Morgan fingerprint density at radius 3 is 2.45 bits per heavy atom. The third kappa shape index (κ3) is 5.53. The number of fused-ring (bicyclic) bond motifs is 3. The predicted octanol–water partition coefficient (Wildman–Crippen LogP) is 8.86. The van der Waals surface area contributed by atoms with Crippen molar-refractivity contribution in [2.45, 2.75) is 45.8 Å². The standard InChI is InChI=1S/C36H36N2O2/c1-4-39-35-21-27(13-19-34(35)40-23-26-11-8-24(2)9-12-26)22-37-29-16-14-28(15-17-29)36-31-7-5-6-30(31)32-20-25(3)10-18-33(32)38-36/h5-6,8-22,30-31,36,38H,4,7,23H2,1-3H3/t30-,31-,36-/m0/s1. The van der Waals surface area contributed by atoms with Gasteiger partial charge in [-0.1, -0.05) is 71.8 Å². The van der Waals surface area contributed by atoms with Gasteiger partial charge in [0.2, 0.25) is 0 Å². The minimum absolute atomic E-state index is 0.287. The Kier molecular flexibility index (Phi) is 7.41. The fraction of sp³-hybridized carbons (Fsp3) is 0.250. The van der Waals surface area contributed by atoms with Crippen molar-refractivity contribution in [3.05, 3.63) is 130 Å². The van der Waals surface area contributed by atoms with Crippen LogP contribution in [-0.4, -0.2) is 12.8 Å². The van der Waals surface area contributed by atoms with Gasteiger partial charge in [-0.2, -0.15) is 0 Å². The quantitative estimate of drug-likeness (QED) is 0.183. The van der Waals surface area contributed by atoms with E-state index in [-0.39, 0.29) is 6.04 Å². The molecule has 4 aromatic rings. The molecule has 0 bridgehead atoms. The van der Waals surface area contributed by atoms with E-state index in [2.05, 4.69) is 98.0 Å². The molecule has 1 N–H and O–H groups in total. The van der Waals surface area contributed by atoms with Crippen LogP contribution in [0.5, 0.6) is 11.5 Å². The molecule has 6 rings (SSSR count). The molecule has 1 aliphatic carbocycles. The Bertz CT molecular complexity index is 1540. The van der Waals surface area contributed by atoms with E-state index in [9.17, 15) is 0 Å². The predicted molar refractivity (Wildman–Crippen MR) is 164 cm³/mol. The van der Waals surface area contributed by atoms with Crippen LogP contribution >= 0.6 is 0 Å². The van der Waals surface area contributed by atoms with Gasteiger partial charge >= 0.3 is 0 Å². The van der Waals surface area contributed by atoms with Crippen LogP contribution in [0.4, 0.5) is 11.4 Å². The third-order valence-electron chi connectivity index (χ3n) is 7.92. The molecule has 202 valence electrons. The van der Waals surface area contributed by atoms with Crippen LogP contribution in [-0.2, 0) is 6.61 Å². The topological polar surface area (TPSA) is 42.8 Å². The Labute approximate surface area is 237 Å². The molecule has 2 aliphatic rings. The van der Waals surface area contributed by atoms with Crippen LogP contribution in [0, 0.1) is 19.8 Å². The van der Waals surface area contributed by atoms with Crippen LogP contribution < -0.4 is 14.8 Å². The number of benzene rings is 4. The lowest BCUT2D eigenvalue weighted by Gasteiger charge is -2.37. The highest BCUT2D eigenvalue weighted by atomic mass is 16.5. The van der Waals surface area contributed by atoms with Crippen molar-refractivity contribution in [1.82, 2.24) is 0 Å². The first-order valence-corrected chi connectivity index (χ1v) is 14.2. The zero-order valence-corrected chi connectivity index (χ0v) is 23.4. The van der Waals surface area contributed by atoms with Gasteiger partial charge in [0.15, 0.2) is 11.5 Å². The Hall–Kier alpha value is -4.31. The van der Waals surface area contributed by atoms with E-state index < -0.39 is 0 Å². The Balaban J connectivity index is 1.15. The lowest BCUT2D eigenvalue weighted by Crippen LogP contribution is -2.29. The highest BCUT2D eigenvalue weighted by Gasteiger charge is 2.37. The summed E-state index contributed by atoms with van der Waals surface area (Å²) in [5.41, 5.74) is 9.56. The normalized spacial score (nSPS) is 19.2. The van der Waals surface area contributed by atoms with Crippen molar-refractivity contribution in [2.24, 2.45) is 10.9 Å². The second-order valence-corrected chi connectivity index (χ2v) is 10.8. The van der Waals surface area contributed by atoms with Gasteiger partial charge in [-0.25, -0.2) is 0 Å². The maximum atomic E-state index is 6.08. The molecule has 4 heteroatoms. The molecule has 4 nitrogen and oxygen atoms in total. The summed E-state index contributed by atoms with van der Waals surface area (Å²) in [7, 11) is 0. The number of aryl methyl sites for hydroxylation is 2. The minimum Gasteiger partial charge on any atom is -0.490 e. The molecule has 0 amide bonds. The monoisotopic (exact) mass is 528 g/mol. The summed E-state index contributed by atoms with van der Waals surface area (Å²) >= 11 is 0. The molecular formula is C36H36N2O2. The molecule has 0 saturated heterocycles. The maximum Gasteiger partial charge on any atom is 0.161 e. The van der Waals surface area contributed by atoms with Crippen molar-refractivity contribution in [3.8, 4) is 11.5 Å². The van der Waals surface area contributed by atoms with Gasteiger partial charge in [0, 0.05) is 17.8 Å². The first-order valence-electron chi connectivity index (χ1n) is 14.2. The molecule has 0 saturated carbocycles. The van der Waals surface area contributed by atoms with Crippen LogP contribution in [0.2, 0.25) is 0 Å². The molecule has 3 atom stereocenters. The molecule has 0 aromatic heterocycles. The number of aliphatic imine (C=N–C) groups is 1. The number of anilines is 1. The van der Waals surface area contributed by atoms with E-state index >= 15 is 0 Å². The number of ether oxygens (including phenoxy) is 2. The average molecular weight is 529 g/mol. The van der Waals surface area contributed by atoms with Gasteiger partial charge in [0.25, 0.3) is 0 Å². The van der Waals surface area contributed by atoms with E-state index in [1.54, 1.807) is 0 Å². The van der Waals surface area contributed by atoms with E-state index in [1.165, 1.54) is 27.9 Å². The van der Waals surface area contributed by atoms with Crippen molar-refractivity contribution >= 4 is 17.6 Å². The number of rotatable bonds is 8. The number of nitrogens with one attached hydrogen (secondary N) is 1. The highest BCUT2D eigenvalue weighted by Crippen LogP contribution is 2.50. The first kappa shape index (κ1) is 25.9. The molecular weight excluding hydrogens is 492 g/mol. The average Bonchev–Trinajstić information content (AvgIpc) is 3.47. The fourth-order valence-corrected chi connectivity index (χ4v) is 5.80. The smallest absolute Gasteiger partial charge is 0.161 e. The van der Waals surface area contributed by atoms with Crippen molar-refractivity contribution in [1.29, 1.82) is 0 Å². The van der Waals surface area contributed by atoms with E-state index in [0.29, 0.717) is 25.0 Å². The third-order valence-corrected chi connectivity index (χ3v) is 7.92. The molecule has 0 spiro atoms. The van der Waals surface area contributed by atoms with Crippen LogP contribution in [0.15, 0.2) is 102 Å². The van der Waals surface area contributed by atoms with Crippen molar-refractivity contribution < 1.29 is 9.47 Å². The van der Waals surface area contributed by atoms with E-state index in [0.717, 1.165) is 34.7 Å². The van der Waals surface area contributed by atoms with Gasteiger partial charge in [0.1, 0.15) is 6.61 Å². The van der Waals surface area contributed by atoms with E-state index in [4.69, 9.17) is 14.5 Å². The number of nitrogens with zero attached hydrogens (tertiary/aromatic N) is 1. The second kappa shape index (κ2) is 11.4. The van der Waals surface area contributed by atoms with Gasteiger partial charge in [-0.15, -0.1) is 0 Å². The summed E-state index contributed by atoms with van der Waals surface area (Å²) in [6.07, 6.45) is 7.72. The number of hydrogen-bond donors (Lipinski definition) is 1. The fourth-order valence-electron chi connectivity index (χ4n) is 5.80. The number of allylic oxidation sites excluding steroid dienone is 2. The van der Waals surface area contributed by atoms with Crippen LogP contribution in [0.3, 0.4) is 0 Å². The summed E-state index contributed by atoms with van der Waals surface area (Å²) in [6, 6.07) is 30.0. The lowest BCUT2D eigenvalue weighted by molar-refractivity contribution is 0.269. The summed E-state index contributed by atoms with van der Waals surface area (Å²) in [5, 5.41) is 3.83. The highest BCUT2D eigenvalue weighted by molar-refractivity contribution is 5.83. The van der Waals surface area contributed by atoms with Gasteiger partial charge in [-0.3, -0.25) is 4.99 Å². The summed E-state index contributed by atoms with van der Waals surface area (Å²) < 4.78 is 12.0. The maximum absolute atomic E-state index is 6.08. The molecule has 1 heterocycles. The SMILES string of the molecule is CCOc1cc(C=Nc2ccc([C@@H]3Nc4ccc(C)cc4[C@H]4C=CC[C@@H]43)cc2)ccc1OCc1ccc(C)cc1. The van der Waals surface area contributed by atoms with Gasteiger partial charge in [-0.05, 0) is 91.8 Å². The zero-order valence-electron chi connectivity index (χ0n) is 23.4. The summed E-state index contributed by atoms with van der Waals surface area (Å²) in [5.74, 6) is 2.47. The molecule has 1 aliphatic heterocycles. The lowest BCUT2D eigenvalue weighted by atomic mass is 9.76. The number of hydrogen-bond acceptors (Lipinski definition) is 4. The van der Waals surface area contributed by atoms with Crippen molar-refractivity contribution in [2.75, 3.05) is 11.9 Å². The Morgan fingerprint density at radius 2 is 1.65 bits per heavy atom. The molecule has 40 heavy (non-hydrogen) atoms. The zero-order chi connectivity index (χ0) is 27.5. The van der Waals surface area contributed by atoms with Crippen LogP contribution in [0.25, 0.3) is 0 Å². The van der Waals surface area contributed by atoms with E-state index in [1.807, 2.05) is 31.3 Å². The molecule has 0 radical (unpaired) electrons. The van der Waals surface area contributed by atoms with Gasteiger partial charge < -0.3 is 14.8 Å². The summed E-state index contributed by atoms with van der Waals surface area (Å²) in [6.45, 7) is 7.31. The Morgan fingerprint density at radius 1 is 0.850 bits per heavy atom.